The number of ketones is 1. The molecule has 0 aromatic heterocycles. The van der Waals surface area contributed by atoms with E-state index < -0.39 is 28.5 Å². The Kier molecular flexibility index (Phi) is 4.56. The van der Waals surface area contributed by atoms with Crippen LogP contribution in [0.15, 0.2) is 22.8 Å². The first-order valence-electron chi connectivity index (χ1n) is 10.1. The van der Waals surface area contributed by atoms with E-state index in [1.165, 1.54) is 19.9 Å². The van der Waals surface area contributed by atoms with E-state index in [1.54, 1.807) is 0 Å². The molecule has 0 radical (unpaired) electrons. The molecule has 7 atom stereocenters. The maximum absolute atomic E-state index is 12.6. The summed E-state index contributed by atoms with van der Waals surface area (Å²) in [6.07, 6.45) is 4.31. The van der Waals surface area contributed by atoms with Gasteiger partial charge in [-0.2, -0.15) is 0 Å². The molecule has 1 unspecified atom stereocenters. The van der Waals surface area contributed by atoms with Gasteiger partial charge in [0, 0.05) is 28.9 Å². The molecule has 0 aromatic carbocycles. The Morgan fingerprint density at radius 1 is 1.28 bits per heavy atom. The van der Waals surface area contributed by atoms with Crippen LogP contribution in [0.2, 0.25) is 0 Å². The molecular formula is C22H27ClO6. The Morgan fingerprint density at radius 2 is 1.97 bits per heavy atom. The lowest BCUT2D eigenvalue weighted by Gasteiger charge is -2.56. The second kappa shape index (κ2) is 6.42. The number of ether oxygens (including phenoxy) is 2. The topological polar surface area (TPSA) is 89.9 Å². The maximum Gasteiger partial charge on any atom is 0.331 e. The van der Waals surface area contributed by atoms with Crippen molar-refractivity contribution in [3.05, 3.63) is 22.8 Å². The fourth-order valence-electron chi connectivity index (χ4n) is 6.67. The summed E-state index contributed by atoms with van der Waals surface area (Å²) in [6, 6.07) is 0. The summed E-state index contributed by atoms with van der Waals surface area (Å²) in [6.45, 7) is 6.91. The van der Waals surface area contributed by atoms with Crippen molar-refractivity contribution in [2.75, 3.05) is 6.61 Å². The first kappa shape index (κ1) is 20.6. The second-order valence-corrected chi connectivity index (χ2v) is 9.91. The standard InChI is InChI=1S/C22H27ClO6/c1-11(24)22(27)18(29-12(2)25)8-15-13-7-17(23)16-9-19(26)28-10-20(16,3)14(13)5-6-21(15,22)4/h7,9,13-15,18,27H,5-6,8,10H2,1-4H3/t13-,14+,15+,18?,20-,21+,22-/m1/s1. The van der Waals surface area contributed by atoms with Crippen molar-refractivity contribution in [3.8, 4) is 0 Å². The molecule has 0 saturated heterocycles. The van der Waals surface area contributed by atoms with Gasteiger partial charge in [-0.05, 0) is 49.5 Å². The molecule has 2 fully saturated rings. The highest BCUT2D eigenvalue weighted by Crippen LogP contribution is 2.67. The number of cyclic esters (lactones) is 1. The third-order valence-electron chi connectivity index (χ3n) is 8.18. The molecule has 1 aliphatic heterocycles. The molecule has 4 aliphatic rings. The van der Waals surface area contributed by atoms with E-state index in [-0.39, 0.29) is 36.1 Å². The average molecular weight is 423 g/mol. The van der Waals surface area contributed by atoms with Gasteiger partial charge in [0.15, 0.2) is 11.4 Å². The minimum absolute atomic E-state index is 0.0216. The van der Waals surface area contributed by atoms with Gasteiger partial charge in [-0.1, -0.05) is 31.5 Å². The minimum Gasteiger partial charge on any atom is -0.462 e. The highest BCUT2D eigenvalue weighted by molar-refractivity contribution is 6.32. The maximum atomic E-state index is 12.6. The van der Waals surface area contributed by atoms with Crippen LogP contribution in [-0.2, 0) is 23.9 Å². The van der Waals surface area contributed by atoms with Gasteiger partial charge in [-0.3, -0.25) is 9.59 Å². The van der Waals surface area contributed by atoms with Crippen molar-refractivity contribution in [3.63, 3.8) is 0 Å². The molecule has 29 heavy (non-hydrogen) atoms. The van der Waals surface area contributed by atoms with Gasteiger partial charge in [0.2, 0.25) is 0 Å². The number of fused-ring (bicyclic) bond motifs is 5. The van der Waals surface area contributed by atoms with Crippen LogP contribution in [0.1, 0.15) is 47.0 Å². The van der Waals surface area contributed by atoms with Crippen molar-refractivity contribution in [1.29, 1.82) is 0 Å². The van der Waals surface area contributed by atoms with Crippen molar-refractivity contribution in [1.82, 2.24) is 0 Å². The molecule has 3 aliphatic carbocycles. The molecule has 0 bridgehead atoms. The summed E-state index contributed by atoms with van der Waals surface area (Å²) < 4.78 is 10.8. The predicted molar refractivity (Wildman–Crippen MR) is 105 cm³/mol. The second-order valence-electron chi connectivity index (χ2n) is 9.50. The first-order chi connectivity index (χ1) is 13.4. The van der Waals surface area contributed by atoms with Crippen molar-refractivity contribution in [2.24, 2.45) is 28.6 Å². The van der Waals surface area contributed by atoms with Gasteiger partial charge < -0.3 is 14.6 Å². The van der Waals surface area contributed by atoms with E-state index in [4.69, 9.17) is 21.1 Å². The lowest BCUT2D eigenvalue weighted by molar-refractivity contribution is -0.183. The van der Waals surface area contributed by atoms with Gasteiger partial charge in [0.1, 0.15) is 12.7 Å². The number of aliphatic hydroxyl groups is 1. The van der Waals surface area contributed by atoms with E-state index in [1.807, 2.05) is 13.0 Å². The van der Waals surface area contributed by atoms with Gasteiger partial charge in [0.05, 0.1) is 0 Å². The molecule has 6 nitrogen and oxygen atoms in total. The molecule has 1 heterocycles. The van der Waals surface area contributed by atoms with Crippen molar-refractivity contribution in [2.45, 2.75) is 58.7 Å². The van der Waals surface area contributed by atoms with Crippen LogP contribution in [0.5, 0.6) is 0 Å². The predicted octanol–water partition coefficient (Wildman–Crippen LogP) is 2.92. The summed E-state index contributed by atoms with van der Waals surface area (Å²) in [5.74, 6) is -1.24. The van der Waals surface area contributed by atoms with Crippen LogP contribution in [0, 0.1) is 28.6 Å². The molecule has 158 valence electrons. The van der Waals surface area contributed by atoms with Crippen LogP contribution < -0.4 is 0 Å². The third kappa shape index (κ3) is 2.61. The molecule has 7 heteroatoms. The van der Waals surface area contributed by atoms with E-state index in [0.29, 0.717) is 17.9 Å². The highest BCUT2D eigenvalue weighted by Gasteiger charge is 2.70. The average Bonchev–Trinajstić information content (AvgIpc) is 2.85. The number of allylic oxidation sites excluding steroid dienone is 2. The summed E-state index contributed by atoms with van der Waals surface area (Å²) >= 11 is 6.63. The Morgan fingerprint density at radius 3 is 2.59 bits per heavy atom. The molecule has 1 N–H and O–H groups in total. The van der Waals surface area contributed by atoms with Gasteiger partial charge in [0.25, 0.3) is 0 Å². The number of hydrogen-bond acceptors (Lipinski definition) is 6. The number of hydrogen-bond donors (Lipinski definition) is 1. The Bertz CT molecular complexity index is 861. The smallest absolute Gasteiger partial charge is 0.331 e. The number of carbonyl (C=O) groups excluding carboxylic acids is 3. The lowest BCUT2D eigenvalue weighted by atomic mass is 9.49. The zero-order valence-electron chi connectivity index (χ0n) is 17.2. The van der Waals surface area contributed by atoms with Crippen LogP contribution in [0.4, 0.5) is 0 Å². The van der Waals surface area contributed by atoms with E-state index in [2.05, 4.69) is 6.92 Å². The van der Waals surface area contributed by atoms with Crippen LogP contribution >= 0.6 is 11.6 Å². The lowest BCUT2D eigenvalue weighted by Crippen LogP contribution is -2.60. The quantitative estimate of drug-likeness (QED) is 0.688. The fourth-order valence-corrected chi connectivity index (χ4v) is 7.08. The minimum atomic E-state index is -1.73. The summed E-state index contributed by atoms with van der Waals surface area (Å²) in [4.78, 5) is 36.1. The van der Waals surface area contributed by atoms with Gasteiger partial charge >= 0.3 is 11.9 Å². The Labute approximate surface area is 175 Å². The number of Topliss-reactive ketones (excluding diaryl/α,β-unsaturated/α-hetero) is 1. The van der Waals surface area contributed by atoms with E-state index >= 15 is 0 Å². The fraction of sp³-hybridized carbons (Fsp3) is 0.682. The zero-order chi connectivity index (χ0) is 21.4. The molecule has 2 saturated carbocycles. The van der Waals surface area contributed by atoms with Crippen molar-refractivity contribution < 1.29 is 29.0 Å². The van der Waals surface area contributed by atoms with Gasteiger partial charge in [-0.15, -0.1) is 0 Å². The summed E-state index contributed by atoms with van der Waals surface area (Å²) in [5, 5.41) is 12.1. The van der Waals surface area contributed by atoms with Crippen LogP contribution in [-0.4, -0.2) is 41.1 Å². The van der Waals surface area contributed by atoms with E-state index in [9.17, 15) is 19.5 Å². The SMILES string of the molecule is CC(=O)OC1C[C@H]2[C@@H]3C=C(Cl)C4=CC(=O)OC[C@]4(C)[C@H]3CC[C@]2(C)[C@@]1(O)C(C)=O. The Balaban J connectivity index is 1.81. The number of carbonyl (C=O) groups is 3. The Hall–Kier alpha value is -1.66. The molecular weight excluding hydrogens is 396 g/mol. The third-order valence-corrected chi connectivity index (χ3v) is 8.51. The normalized spacial score (nSPS) is 45.8. The largest absolute Gasteiger partial charge is 0.462 e. The van der Waals surface area contributed by atoms with Gasteiger partial charge in [-0.25, -0.2) is 4.79 Å². The number of esters is 2. The molecule has 0 aromatic rings. The molecule has 0 amide bonds. The van der Waals surface area contributed by atoms with E-state index in [0.717, 1.165) is 12.0 Å². The summed E-state index contributed by atoms with van der Waals surface area (Å²) in [7, 11) is 0. The zero-order valence-corrected chi connectivity index (χ0v) is 17.9. The molecule has 4 rings (SSSR count). The van der Waals surface area contributed by atoms with Crippen LogP contribution in [0.25, 0.3) is 0 Å². The number of halogens is 1. The highest BCUT2D eigenvalue weighted by atomic mass is 35.5. The molecule has 0 spiro atoms. The number of rotatable bonds is 2. The van der Waals surface area contributed by atoms with Crippen molar-refractivity contribution >= 4 is 29.3 Å². The van der Waals surface area contributed by atoms with Crippen LogP contribution in [0.3, 0.4) is 0 Å². The monoisotopic (exact) mass is 422 g/mol. The first-order valence-corrected chi connectivity index (χ1v) is 10.5. The summed E-state index contributed by atoms with van der Waals surface area (Å²) in [5.41, 5.74) is -2.09.